The third-order valence-electron chi connectivity index (χ3n) is 3.59. The van der Waals surface area contributed by atoms with Gasteiger partial charge in [0.2, 0.25) is 5.91 Å². The van der Waals surface area contributed by atoms with Crippen molar-refractivity contribution in [2.24, 2.45) is 0 Å². The second kappa shape index (κ2) is 7.15. The van der Waals surface area contributed by atoms with Crippen LogP contribution in [-0.4, -0.2) is 34.7 Å². The number of benzene rings is 1. The van der Waals surface area contributed by atoms with E-state index in [1.807, 2.05) is 64.0 Å². The van der Waals surface area contributed by atoms with E-state index in [9.17, 15) is 4.79 Å². The van der Waals surface area contributed by atoms with Gasteiger partial charge in [-0.1, -0.05) is 11.6 Å². The monoisotopic (exact) mass is 334 g/mol. The summed E-state index contributed by atoms with van der Waals surface area (Å²) < 4.78 is 1.74. The highest BCUT2D eigenvalue weighted by molar-refractivity contribution is 6.31. The van der Waals surface area contributed by atoms with Gasteiger partial charge in [0.1, 0.15) is 6.04 Å². The van der Waals surface area contributed by atoms with Gasteiger partial charge in [-0.2, -0.15) is 5.10 Å². The Kier molecular flexibility index (Phi) is 5.44. The number of aromatic nitrogens is 2. The maximum absolute atomic E-state index is 12.5. The van der Waals surface area contributed by atoms with Gasteiger partial charge in [0.15, 0.2) is 0 Å². The minimum atomic E-state index is -0.378. The van der Waals surface area contributed by atoms with E-state index in [0.29, 0.717) is 5.02 Å². The maximum Gasteiger partial charge on any atom is 0.248 e. The first-order valence-electron chi connectivity index (χ1n) is 7.54. The van der Waals surface area contributed by atoms with Crippen molar-refractivity contribution in [3.63, 3.8) is 0 Å². The number of halogens is 1. The second-order valence-corrected chi connectivity index (χ2v) is 6.49. The number of rotatable bonds is 5. The van der Waals surface area contributed by atoms with Gasteiger partial charge in [0.25, 0.3) is 0 Å². The normalized spacial score (nSPS) is 12.5. The molecule has 1 N–H and O–H groups in total. The Balaban J connectivity index is 2.15. The fraction of sp³-hybridized carbons (Fsp3) is 0.412. The Labute approximate surface area is 142 Å². The van der Waals surface area contributed by atoms with Crippen LogP contribution in [-0.2, 0) is 11.3 Å². The van der Waals surface area contributed by atoms with Crippen LogP contribution in [0, 0.1) is 13.8 Å². The number of hydrogen-bond donors (Lipinski definition) is 1. The largest absolute Gasteiger partial charge is 0.324 e. The molecule has 6 heteroatoms. The van der Waals surface area contributed by atoms with E-state index in [1.54, 1.807) is 4.68 Å². The zero-order chi connectivity index (χ0) is 17.1. The van der Waals surface area contributed by atoms with Gasteiger partial charge >= 0.3 is 0 Å². The zero-order valence-electron chi connectivity index (χ0n) is 14.2. The third kappa shape index (κ3) is 4.33. The Morgan fingerprint density at radius 3 is 2.61 bits per heavy atom. The summed E-state index contributed by atoms with van der Waals surface area (Å²) in [4.78, 5) is 14.5. The van der Waals surface area contributed by atoms with Crippen LogP contribution in [0.25, 0.3) is 0 Å². The molecule has 0 fully saturated rings. The topological polar surface area (TPSA) is 50.2 Å². The first-order chi connectivity index (χ1) is 10.8. The van der Waals surface area contributed by atoms with Gasteiger partial charge < -0.3 is 10.2 Å². The van der Waals surface area contributed by atoms with Crippen molar-refractivity contribution in [1.82, 2.24) is 14.7 Å². The summed E-state index contributed by atoms with van der Waals surface area (Å²) >= 11 is 6.21. The Hall–Kier alpha value is -1.85. The predicted octanol–water partition coefficient (Wildman–Crippen LogP) is 3.41. The second-order valence-electron chi connectivity index (χ2n) is 6.08. The molecule has 0 aliphatic heterocycles. The highest BCUT2D eigenvalue weighted by Crippen LogP contribution is 2.22. The molecule has 1 amide bonds. The summed E-state index contributed by atoms with van der Waals surface area (Å²) in [5.41, 5.74) is 3.59. The SMILES string of the molecule is Cc1cc(C)n([C@@H](C)C(=O)Nc2ccc(Cl)c(CN(C)C)c2)n1. The zero-order valence-corrected chi connectivity index (χ0v) is 15.0. The lowest BCUT2D eigenvalue weighted by atomic mass is 10.2. The van der Waals surface area contributed by atoms with Crippen molar-refractivity contribution in [3.05, 3.63) is 46.2 Å². The molecular weight excluding hydrogens is 312 g/mol. The standard InChI is InChI=1S/C17H23ClN4O/c1-11-8-12(2)22(20-11)13(3)17(23)19-15-6-7-16(18)14(9-15)10-21(4)5/h6-9,13H,10H2,1-5H3,(H,19,23)/t13-/m0/s1. The van der Waals surface area contributed by atoms with Crippen molar-refractivity contribution in [3.8, 4) is 0 Å². The van der Waals surface area contributed by atoms with Gasteiger partial charge in [-0.15, -0.1) is 0 Å². The minimum Gasteiger partial charge on any atom is -0.324 e. The molecule has 1 heterocycles. The van der Waals surface area contributed by atoms with Crippen molar-refractivity contribution in [2.45, 2.75) is 33.4 Å². The fourth-order valence-electron chi connectivity index (χ4n) is 2.51. The molecule has 0 saturated heterocycles. The maximum atomic E-state index is 12.5. The molecule has 0 aliphatic carbocycles. The van der Waals surface area contributed by atoms with Crippen LogP contribution in [0.15, 0.2) is 24.3 Å². The molecule has 0 aliphatic rings. The summed E-state index contributed by atoms with van der Waals surface area (Å²) in [5, 5.41) is 8.01. The van der Waals surface area contributed by atoms with Gasteiger partial charge in [0.05, 0.1) is 5.69 Å². The van der Waals surface area contributed by atoms with E-state index in [-0.39, 0.29) is 11.9 Å². The summed E-state index contributed by atoms with van der Waals surface area (Å²) in [6, 6.07) is 7.11. The number of anilines is 1. The highest BCUT2D eigenvalue weighted by atomic mass is 35.5. The third-order valence-corrected chi connectivity index (χ3v) is 3.96. The predicted molar refractivity (Wildman–Crippen MR) is 93.9 cm³/mol. The van der Waals surface area contributed by atoms with Crippen molar-refractivity contribution in [2.75, 3.05) is 19.4 Å². The van der Waals surface area contributed by atoms with E-state index >= 15 is 0 Å². The molecule has 1 atom stereocenters. The molecule has 1 aromatic heterocycles. The fourth-order valence-corrected chi connectivity index (χ4v) is 2.69. The number of amides is 1. The number of carbonyl (C=O) groups excluding carboxylic acids is 1. The molecule has 0 bridgehead atoms. The lowest BCUT2D eigenvalue weighted by Gasteiger charge is -2.16. The van der Waals surface area contributed by atoms with E-state index in [4.69, 9.17) is 11.6 Å². The van der Waals surface area contributed by atoms with Crippen LogP contribution in [0.5, 0.6) is 0 Å². The van der Waals surface area contributed by atoms with Crippen LogP contribution in [0.2, 0.25) is 5.02 Å². The van der Waals surface area contributed by atoms with Crippen molar-refractivity contribution in [1.29, 1.82) is 0 Å². The quantitative estimate of drug-likeness (QED) is 0.911. The molecule has 1 aromatic carbocycles. The van der Waals surface area contributed by atoms with Crippen LogP contribution < -0.4 is 5.32 Å². The number of aryl methyl sites for hydroxylation is 2. The molecule has 2 rings (SSSR count). The number of carbonyl (C=O) groups is 1. The first-order valence-corrected chi connectivity index (χ1v) is 7.92. The van der Waals surface area contributed by atoms with Gasteiger partial charge in [-0.05, 0) is 64.7 Å². The summed E-state index contributed by atoms with van der Waals surface area (Å²) in [5.74, 6) is -0.102. The van der Waals surface area contributed by atoms with Gasteiger partial charge in [0, 0.05) is 22.9 Å². The van der Waals surface area contributed by atoms with E-state index in [1.165, 1.54) is 0 Å². The molecule has 23 heavy (non-hydrogen) atoms. The molecule has 5 nitrogen and oxygen atoms in total. The molecule has 0 unspecified atom stereocenters. The number of nitrogens with one attached hydrogen (secondary N) is 1. The summed E-state index contributed by atoms with van der Waals surface area (Å²) in [7, 11) is 3.96. The number of nitrogens with zero attached hydrogens (tertiary/aromatic N) is 3. The van der Waals surface area contributed by atoms with Gasteiger partial charge in [-0.25, -0.2) is 0 Å². The van der Waals surface area contributed by atoms with Gasteiger partial charge in [-0.3, -0.25) is 9.48 Å². The molecule has 2 aromatic rings. The molecule has 0 saturated carbocycles. The molecule has 0 radical (unpaired) electrons. The lowest BCUT2D eigenvalue weighted by molar-refractivity contribution is -0.119. The van der Waals surface area contributed by atoms with Crippen molar-refractivity contribution < 1.29 is 4.79 Å². The molecule has 124 valence electrons. The number of hydrogen-bond acceptors (Lipinski definition) is 3. The van der Waals surface area contributed by atoms with Crippen LogP contribution in [0.1, 0.15) is 29.9 Å². The summed E-state index contributed by atoms with van der Waals surface area (Å²) in [6.07, 6.45) is 0. The van der Waals surface area contributed by atoms with Crippen LogP contribution >= 0.6 is 11.6 Å². The average Bonchev–Trinajstić information content (AvgIpc) is 2.80. The van der Waals surface area contributed by atoms with Crippen LogP contribution in [0.3, 0.4) is 0 Å². The Morgan fingerprint density at radius 2 is 2.04 bits per heavy atom. The molecule has 0 spiro atoms. The average molecular weight is 335 g/mol. The van der Waals surface area contributed by atoms with Crippen LogP contribution in [0.4, 0.5) is 5.69 Å². The Bertz CT molecular complexity index is 709. The molecular formula is C17H23ClN4O. The smallest absolute Gasteiger partial charge is 0.248 e. The van der Waals surface area contributed by atoms with Crippen molar-refractivity contribution >= 4 is 23.2 Å². The highest BCUT2D eigenvalue weighted by Gasteiger charge is 2.18. The minimum absolute atomic E-state index is 0.102. The van der Waals surface area contributed by atoms with E-state index in [0.717, 1.165) is 29.2 Å². The summed E-state index contributed by atoms with van der Waals surface area (Å²) in [6.45, 7) is 6.42. The van der Waals surface area contributed by atoms with E-state index in [2.05, 4.69) is 10.4 Å². The van der Waals surface area contributed by atoms with E-state index < -0.39 is 0 Å². The first kappa shape index (κ1) is 17.5. The lowest BCUT2D eigenvalue weighted by Crippen LogP contribution is -2.25. The Morgan fingerprint density at radius 1 is 1.35 bits per heavy atom.